The summed E-state index contributed by atoms with van der Waals surface area (Å²) in [5.74, 6) is -1.17. The highest BCUT2D eigenvalue weighted by Gasteiger charge is 2.42. The molecule has 2 aliphatic heterocycles. The molecular weight excluding hydrogens is 500 g/mol. The Kier molecular flexibility index (Phi) is 5.48. The van der Waals surface area contributed by atoms with E-state index in [1.807, 2.05) is 6.07 Å². The Bertz CT molecular complexity index is 1620. The molecule has 0 radical (unpaired) electrons. The van der Waals surface area contributed by atoms with E-state index in [0.717, 1.165) is 32.1 Å². The lowest BCUT2D eigenvalue weighted by Crippen LogP contribution is -2.58. The lowest BCUT2D eigenvalue weighted by Gasteiger charge is -2.40. The first-order valence-electron chi connectivity index (χ1n) is 13.6. The number of hydrogen-bond donors (Lipinski definition) is 3. The van der Waals surface area contributed by atoms with Crippen LogP contribution in [0.1, 0.15) is 39.0 Å². The van der Waals surface area contributed by atoms with Crippen molar-refractivity contribution in [3.63, 3.8) is 0 Å². The Balaban J connectivity index is 1.41. The van der Waals surface area contributed by atoms with E-state index >= 15 is 8.78 Å². The van der Waals surface area contributed by atoms with Gasteiger partial charge in [-0.15, -0.1) is 0 Å². The van der Waals surface area contributed by atoms with Crippen molar-refractivity contribution in [1.29, 1.82) is 0 Å². The van der Waals surface area contributed by atoms with Crippen LogP contribution < -0.4 is 20.7 Å². The Hall–Kier alpha value is -3.56. The number of benzene rings is 3. The van der Waals surface area contributed by atoms with Crippen LogP contribution in [-0.2, 0) is 0 Å². The number of aromatic hydroxyl groups is 1. The zero-order valence-electron chi connectivity index (χ0n) is 21.8. The van der Waals surface area contributed by atoms with E-state index < -0.39 is 17.2 Å². The molecule has 1 saturated carbocycles. The van der Waals surface area contributed by atoms with Crippen LogP contribution in [0.25, 0.3) is 32.8 Å². The number of aromatic nitrogens is 2. The largest absolute Gasteiger partial charge is 0.508 e. The molecule has 1 aromatic heterocycles. The predicted molar refractivity (Wildman–Crippen MR) is 147 cm³/mol. The third kappa shape index (κ3) is 4.15. The first kappa shape index (κ1) is 24.5. The van der Waals surface area contributed by atoms with Crippen molar-refractivity contribution in [2.24, 2.45) is 5.73 Å². The number of nitrogens with one attached hydrogen (secondary N) is 1. The summed E-state index contributed by atoms with van der Waals surface area (Å²) in [4.78, 5) is 11.2. The van der Waals surface area contributed by atoms with Crippen molar-refractivity contribution >= 4 is 27.5 Å². The summed E-state index contributed by atoms with van der Waals surface area (Å²) < 4.78 is 38.4. The average molecular weight is 532 g/mol. The molecule has 3 aromatic carbocycles. The number of halogens is 2. The number of ether oxygens (including phenoxy) is 1. The predicted octanol–water partition coefficient (Wildman–Crippen LogP) is 5.02. The number of phenolic OH excluding ortho intramolecular Hbond substituents is 1. The summed E-state index contributed by atoms with van der Waals surface area (Å²) in [5, 5.41) is 15.6. The normalized spacial score (nSPS) is 23.8. The van der Waals surface area contributed by atoms with Crippen molar-refractivity contribution in [1.82, 2.24) is 15.3 Å². The van der Waals surface area contributed by atoms with Crippen molar-refractivity contribution in [3.05, 3.63) is 54.1 Å². The maximum absolute atomic E-state index is 16.5. The smallest absolute Gasteiger partial charge is 0.319 e. The Morgan fingerprint density at radius 2 is 1.95 bits per heavy atom. The maximum Gasteiger partial charge on any atom is 0.319 e. The van der Waals surface area contributed by atoms with Gasteiger partial charge < -0.3 is 25.8 Å². The van der Waals surface area contributed by atoms with Crippen LogP contribution in [0.4, 0.5) is 14.6 Å². The van der Waals surface area contributed by atoms with E-state index in [-0.39, 0.29) is 46.6 Å². The Labute approximate surface area is 225 Å². The fourth-order valence-corrected chi connectivity index (χ4v) is 6.50. The number of rotatable bonds is 5. The minimum absolute atomic E-state index is 0.0189. The van der Waals surface area contributed by atoms with E-state index in [1.54, 1.807) is 24.3 Å². The summed E-state index contributed by atoms with van der Waals surface area (Å²) in [6.07, 6.45) is 4.79. The van der Waals surface area contributed by atoms with Gasteiger partial charge in [-0.25, -0.2) is 8.78 Å². The van der Waals surface area contributed by atoms with Gasteiger partial charge in [-0.05, 0) is 73.6 Å². The first-order valence-corrected chi connectivity index (χ1v) is 13.6. The molecule has 3 fully saturated rings. The molecule has 3 heterocycles. The zero-order valence-corrected chi connectivity index (χ0v) is 21.8. The van der Waals surface area contributed by atoms with Crippen LogP contribution in [0.5, 0.6) is 11.8 Å². The fourth-order valence-electron chi connectivity index (χ4n) is 6.50. The summed E-state index contributed by atoms with van der Waals surface area (Å²) in [5.41, 5.74) is 5.83. The zero-order chi connectivity index (χ0) is 26.9. The van der Waals surface area contributed by atoms with E-state index in [2.05, 4.69) is 22.1 Å². The molecule has 7 nitrogen and oxygen atoms in total. The number of nitrogens with two attached hydrogens (primary N) is 1. The molecule has 4 N–H and O–H groups in total. The van der Waals surface area contributed by atoms with Gasteiger partial charge in [0.05, 0.1) is 11.1 Å². The molecule has 39 heavy (non-hydrogen) atoms. The van der Waals surface area contributed by atoms with Crippen molar-refractivity contribution in [2.45, 2.75) is 56.1 Å². The highest BCUT2D eigenvalue weighted by molar-refractivity contribution is 6.01. The number of phenols is 1. The first-order chi connectivity index (χ1) is 18.7. The number of piperazine rings is 1. The molecule has 202 valence electrons. The number of anilines is 1. The van der Waals surface area contributed by atoms with E-state index in [0.29, 0.717) is 35.1 Å². The van der Waals surface area contributed by atoms with Gasteiger partial charge in [0.1, 0.15) is 29.5 Å². The quantitative estimate of drug-likeness (QED) is 0.333. The van der Waals surface area contributed by atoms with Gasteiger partial charge in [0.2, 0.25) is 0 Å². The SMILES string of the molecule is C[C@]12CC[C@H](CN(c3nc(OCC4(N)CCC4)nc4c(F)c(-c5cc(O)cc6ccccc56)c(F)cc34)C1)N2. The summed E-state index contributed by atoms with van der Waals surface area (Å²) in [7, 11) is 0. The van der Waals surface area contributed by atoms with E-state index in [1.165, 1.54) is 12.1 Å². The second-order valence-electron chi connectivity index (χ2n) is 11.8. The number of fused-ring (bicyclic) bond motifs is 4. The summed E-state index contributed by atoms with van der Waals surface area (Å²) in [6.45, 7) is 3.72. The van der Waals surface area contributed by atoms with Crippen LogP contribution in [0.2, 0.25) is 0 Å². The van der Waals surface area contributed by atoms with Gasteiger partial charge in [0.15, 0.2) is 5.82 Å². The van der Waals surface area contributed by atoms with Crippen LogP contribution in [-0.4, -0.2) is 51.9 Å². The molecule has 1 aliphatic carbocycles. The molecule has 7 rings (SSSR count). The van der Waals surface area contributed by atoms with Crippen LogP contribution in [0.15, 0.2) is 42.5 Å². The standard InChI is InChI=1S/C30H31F2N5O2/c1-29-10-7-18(36-29)14-37(15-29)27-22-13-23(31)24(21-12-19(38)11-17-5-2-3-6-20(17)21)25(32)26(22)34-28(35-27)39-16-30(33)8-4-9-30/h2-3,5-6,11-13,18,36,38H,4,7-10,14-16,33H2,1H3/t18-,29+/m1/s1. The molecule has 9 heteroatoms. The highest BCUT2D eigenvalue weighted by Crippen LogP contribution is 2.41. The second kappa shape index (κ2) is 8.72. The lowest BCUT2D eigenvalue weighted by atomic mass is 9.78. The van der Waals surface area contributed by atoms with Gasteiger partial charge in [0, 0.05) is 30.1 Å². The van der Waals surface area contributed by atoms with Crippen molar-refractivity contribution in [3.8, 4) is 22.9 Å². The van der Waals surface area contributed by atoms with Crippen LogP contribution in [0.3, 0.4) is 0 Å². The van der Waals surface area contributed by atoms with Gasteiger partial charge in [0.25, 0.3) is 0 Å². The summed E-state index contributed by atoms with van der Waals surface area (Å²) in [6, 6.07) is 11.8. The van der Waals surface area contributed by atoms with Crippen molar-refractivity contribution < 1.29 is 18.6 Å². The molecule has 0 spiro atoms. The third-order valence-electron chi connectivity index (χ3n) is 8.67. The third-order valence-corrected chi connectivity index (χ3v) is 8.67. The molecule has 2 bridgehead atoms. The van der Waals surface area contributed by atoms with Gasteiger partial charge in [-0.1, -0.05) is 24.3 Å². The minimum Gasteiger partial charge on any atom is -0.508 e. The average Bonchev–Trinajstić information content (AvgIpc) is 3.17. The van der Waals surface area contributed by atoms with Crippen LogP contribution >= 0.6 is 0 Å². The second-order valence-corrected chi connectivity index (χ2v) is 11.8. The molecule has 3 aliphatic rings. The molecule has 0 amide bonds. The molecule has 0 unspecified atom stereocenters. The van der Waals surface area contributed by atoms with Crippen molar-refractivity contribution in [2.75, 3.05) is 24.6 Å². The number of nitrogens with zero attached hydrogens (tertiary/aromatic N) is 3. The molecular formula is C30H31F2N5O2. The molecule has 4 aromatic rings. The minimum atomic E-state index is -0.815. The molecule has 2 atom stereocenters. The van der Waals surface area contributed by atoms with Crippen LogP contribution in [0, 0.1) is 11.6 Å². The topological polar surface area (TPSA) is 96.5 Å². The molecule has 2 saturated heterocycles. The van der Waals surface area contributed by atoms with E-state index in [4.69, 9.17) is 15.5 Å². The Morgan fingerprint density at radius 3 is 2.72 bits per heavy atom. The fraction of sp³-hybridized carbons (Fsp3) is 0.400. The van der Waals surface area contributed by atoms with Gasteiger partial charge in [-0.3, -0.25) is 0 Å². The van der Waals surface area contributed by atoms with E-state index in [9.17, 15) is 5.11 Å². The summed E-state index contributed by atoms with van der Waals surface area (Å²) >= 11 is 0. The Morgan fingerprint density at radius 1 is 1.13 bits per heavy atom. The van der Waals surface area contributed by atoms with Gasteiger partial charge in [-0.2, -0.15) is 9.97 Å². The monoisotopic (exact) mass is 531 g/mol. The number of hydrogen-bond acceptors (Lipinski definition) is 7. The highest BCUT2D eigenvalue weighted by atomic mass is 19.1. The van der Waals surface area contributed by atoms with Gasteiger partial charge >= 0.3 is 6.01 Å². The maximum atomic E-state index is 16.5. The lowest BCUT2D eigenvalue weighted by molar-refractivity contribution is 0.134.